The zero-order chi connectivity index (χ0) is 15.0. The molecule has 1 aromatic carbocycles. The number of fused-ring (bicyclic) bond motifs is 1. The minimum absolute atomic E-state index is 0.0137. The third-order valence-corrected chi connectivity index (χ3v) is 4.92. The lowest BCUT2D eigenvalue weighted by molar-refractivity contribution is -0.122. The van der Waals surface area contributed by atoms with Crippen molar-refractivity contribution in [2.75, 3.05) is 4.90 Å². The van der Waals surface area contributed by atoms with Gasteiger partial charge < -0.3 is 0 Å². The van der Waals surface area contributed by atoms with Crippen LogP contribution in [-0.2, 0) is 16.0 Å². The van der Waals surface area contributed by atoms with E-state index in [0.29, 0.717) is 5.92 Å². The van der Waals surface area contributed by atoms with Crippen molar-refractivity contribution in [1.82, 2.24) is 0 Å². The number of benzene rings is 1. The fourth-order valence-electron chi connectivity index (χ4n) is 3.74. The smallest absolute Gasteiger partial charge is 0.237 e. The van der Waals surface area contributed by atoms with E-state index in [1.807, 2.05) is 24.3 Å². The molecule has 2 fully saturated rings. The van der Waals surface area contributed by atoms with Gasteiger partial charge in [0, 0.05) is 0 Å². The first-order valence-electron chi connectivity index (χ1n) is 8.08. The van der Waals surface area contributed by atoms with E-state index in [1.165, 1.54) is 10.5 Å². The molecule has 0 spiro atoms. The Labute approximate surface area is 126 Å². The predicted octanol–water partition coefficient (Wildman–Crippen LogP) is 3.56. The topological polar surface area (TPSA) is 37.4 Å². The third kappa shape index (κ3) is 2.50. The fraction of sp³-hybridized carbons (Fsp3) is 0.556. The monoisotopic (exact) mass is 285 g/mol. The molecule has 21 heavy (non-hydrogen) atoms. The van der Waals surface area contributed by atoms with Crippen molar-refractivity contribution in [2.24, 2.45) is 17.8 Å². The molecule has 3 rings (SSSR count). The fourth-order valence-corrected chi connectivity index (χ4v) is 3.74. The Hall–Kier alpha value is -1.64. The van der Waals surface area contributed by atoms with Gasteiger partial charge in [0.05, 0.1) is 17.5 Å². The molecule has 1 aliphatic carbocycles. The predicted molar refractivity (Wildman–Crippen MR) is 82.9 cm³/mol. The highest BCUT2D eigenvalue weighted by Gasteiger charge is 2.49. The number of aryl methyl sites for hydroxylation is 1. The summed E-state index contributed by atoms with van der Waals surface area (Å²) in [6.07, 6.45) is 4.91. The van der Waals surface area contributed by atoms with E-state index in [9.17, 15) is 9.59 Å². The normalized spacial score (nSPS) is 28.9. The molecule has 1 saturated carbocycles. The summed E-state index contributed by atoms with van der Waals surface area (Å²) >= 11 is 0. The molecule has 3 atom stereocenters. The van der Waals surface area contributed by atoms with Crippen molar-refractivity contribution in [3.05, 3.63) is 29.8 Å². The van der Waals surface area contributed by atoms with Crippen LogP contribution in [0.4, 0.5) is 5.69 Å². The lowest BCUT2D eigenvalue weighted by Gasteiger charge is -2.25. The Kier molecular flexibility index (Phi) is 3.83. The molecule has 0 N–H and O–H groups in total. The number of imide groups is 1. The van der Waals surface area contributed by atoms with Crippen molar-refractivity contribution in [3.8, 4) is 0 Å². The molecule has 3 heteroatoms. The molecule has 1 saturated heterocycles. The lowest BCUT2D eigenvalue weighted by atomic mass is 9.76. The number of carbonyl (C=O) groups is 2. The zero-order valence-corrected chi connectivity index (χ0v) is 12.8. The van der Waals surface area contributed by atoms with Gasteiger partial charge in [-0.3, -0.25) is 14.5 Å². The molecular weight excluding hydrogens is 262 g/mol. The van der Waals surface area contributed by atoms with Crippen LogP contribution < -0.4 is 4.90 Å². The summed E-state index contributed by atoms with van der Waals surface area (Å²) in [6.45, 7) is 4.32. The molecule has 0 radical (unpaired) electrons. The lowest BCUT2D eigenvalue weighted by Crippen LogP contribution is -2.30. The van der Waals surface area contributed by atoms with Gasteiger partial charge in [-0.05, 0) is 49.3 Å². The molecular formula is C18H23NO2. The van der Waals surface area contributed by atoms with Crippen LogP contribution in [0.25, 0.3) is 0 Å². The summed E-state index contributed by atoms with van der Waals surface area (Å²) in [7, 11) is 0. The number of nitrogens with zero attached hydrogens (tertiary/aromatic N) is 1. The quantitative estimate of drug-likeness (QED) is 0.796. The number of anilines is 1. The van der Waals surface area contributed by atoms with Crippen molar-refractivity contribution in [3.63, 3.8) is 0 Å². The first-order valence-corrected chi connectivity index (χ1v) is 8.08. The summed E-state index contributed by atoms with van der Waals surface area (Å²) < 4.78 is 0. The molecule has 0 bridgehead atoms. The Morgan fingerprint density at radius 3 is 2.38 bits per heavy atom. The van der Waals surface area contributed by atoms with Crippen molar-refractivity contribution in [2.45, 2.75) is 46.0 Å². The summed E-state index contributed by atoms with van der Waals surface area (Å²) in [4.78, 5) is 26.6. The Balaban J connectivity index is 1.85. The Morgan fingerprint density at radius 2 is 1.71 bits per heavy atom. The number of hydrogen-bond donors (Lipinski definition) is 0. The Morgan fingerprint density at radius 1 is 1.05 bits per heavy atom. The molecule has 2 amide bonds. The van der Waals surface area contributed by atoms with Crippen LogP contribution in [0.5, 0.6) is 0 Å². The van der Waals surface area contributed by atoms with E-state index >= 15 is 0 Å². The standard InChI is InChI=1S/C18H23NO2/c1-3-4-13-6-8-14(9-7-13)19-17(20)15-10-5-12(2)11-16(15)18(19)21/h6-9,12,15-16H,3-5,10-11H2,1-2H3/t12-,15+,16+/m0/s1. The zero-order valence-electron chi connectivity index (χ0n) is 12.8. The van der Waals surface area contributed by atoms with Gasteiger partial charge in [0.15, 0.2) is 0 Å². The van der Waals surface area contributed by atoms with Gasteiger partial charge in [-0.1, -0.05) is 32.4 Å². The second kappa shape index (κ2) is 5.63. The van der Waals surface area contributed by atoms with Gasteiger partial charge in [-0.2, -0.15) is 0 Å². The molecule has 112 valence electrons. The highest BCUT2D eigenvalue weighted by Crippen LogP contribution is 2.42. The number of hydrogen-bond acceptors (Lipinski definition) is 2. The molecule has 1 aliphatic heterocycles. The maximum atomic E-state index is 12.6. The van der Waals surface area contributed by atoms with E-state index in [2.05, 4.69) is 13.8 Å². The summed E-state index contributed by atoms with van der Waals surface area (Å²) in [5, 5.41) is 0. The van der Waals surface area contributed by atoms with Gasteiger partial charge in [-0.15, -0.1) is 0 Å². The average molecular weight is 285 g/mol. The number of carbonyl (C=O) groups excluding carboxylic acids is 2. The van der Waals surface area contributed by atoms with Crippen molar-refractivity contribution in [1.29, 1.82) is 0 Å². The summed E-state index contributed by atoms with van der Waals surface area (Å²) in [5.74, 6) is 0.412. The van der Waals surface area contributed by atoms with Crippen LogP contribution in [0.15, 0.2) is 24.3 Å². The number of rotatable bonds is 3. The average Bonchev–Trinajstić information content (AvgIpc) is 2.72. The molecule has 0 aromatic heterocycles. The molecule has 1 aromatic rings. The van der Waals surface area contributed by atoms with Crippen molar-refractivity contribution >= 4 is 17.5 Å². The van der Waals surface area contributed by atoms with Crippen LogP contribution in [-0.4, -0.2) is 11.8 Å². The second-order valence-corrected chi connectivity index (χ2v) is 6.56. The van der Waals surface area contributed by atoms with Gasteiger partial charge in [0.2, 0.25) is 11.8 Å². The number of amides is 2. The van der Waals surface area contributed by atoms with Crippen LogP contribution in [0, 0.1) is 17.8 Å². The first-order chi connectivity index (χ1) is 10.1. The molecule has 2 aliphatic rings. The minimum Gasteiger partial charge on any atom is -0.274 e. The SMILES string of the molecule is CCCc1ccc(N2C(=O)[C@@H]3CC[C@H](C)C[C@H]3C2=O)cc1. The van der Waals surface area contributed by atoms with Crippen LogP contribution in [0.1, 0.15) is 45.1 Å². The second-order valence-electron chi connectivity index (χ2n) is 6.56. The maximum absolute atomic E-state index is 12.6. The van der Waals surface area contributed by atoms with Crippen molar-refractivity contribution < 1.29 is 9.59 Å². The van der Waals surface area contributed by atoms with Crippen LogP contribution in [0.3, 0.4) is 0 Å². The summed E-state index contributed by atoms with van der Waals surface area (Å²) in [5.41, 5.74) is 2.00. The molecule has 1 heterocycles. The van der Waals surface area contributed by atoms with Gasteiger partial charge in [0.1, 0.15) is 0 Å². The minimum atomic E-state index is -0.0865. The molecule has 3 nitrogen and oxygen atoms in total. The Bertz CT molecular complexity index is 549. The van der Waals surface area contributed by atoms with E-state index in [4.69, 9.17) is 0 Å². The molecule has 0 unspecified atom stereocenters. The van der Waals surface area contributed by atoms with Gasteiger partial charge in [0.25, 0.3) is 0 Å². The highest BCUT2D eigenvalue weighted by molar-refractivity contribution is 6.22. The largest absolute Gasteiger partial charge is 0.274 e. The van der Waals surface area contributed by atoms with E-state index in [1.54, 1.807) is 0 Å². The summed E-state index contributed by atoms with van der Waals surface area (Å²) in [6, 6.07) is 7.90. The first kappa shape index (κ1) is 14.3. The van der Waals surface area contributed by atoms with Crippen LogP contribution >= 0.6 is 0 Å². The van der Waals surface area contributed by atoms with E-state index < -0.39 is 0 Å². The highest BCUT2D eigenvalue weighted by atomic mass is 16.2. The maximum Gasteiger partial charge on any atom is 0.237 e. The van der Waals surface area contributed by atoms with Crippen LogP contribution in [0.2, 0.25) is 0 Å². The third-order valence-electron chi connectivity index (χ3n) is 4.92. The van der Waals surface area contributed by atoms with E-state index in [0.717, 1.165) is 37.8 Å². The van der Waals surface area contributed by atoms with Gasteiger partial charge >= 0.3 is 0 Å². The van der Waals surface area contributed by atoms with E-state index in [-0.39, 0.29) is 23.7 Å². The van der Waals surface area contributed by atoms with Gasteiger partial charge in [-0.25, -0.2) is 0 Å².